The van der Waals surface area contributed by atoms with Gasteiger partial charge in [-0.1, -0.05) is 30.3 Å². The first-order valence-electron chi connectivity index (χ1n) is 7.85. The van der Waals surface area contributed by atoms with E-state index in [4.69, 9.17) is 4.74 Å². The van der Waals surface area contributed by atoms with Crippen molar-refractivity contribution in [1.29, 1.82) is 0 Å². The maximum Gasteiger partial charge on any atom is 0.328 e. The number of anilines is 1. The van der Waals surface area contributed by atoms with Crippen LogP contribution in [0.5, 0.6) is 0 Å². The summed E-state index contributed by atoms with van der Waals surface area (Å²) in [5.41, 5.74) is 1.86. The summed E-state index contributed by atoms with van der Waals surface area (Å²) in [7, 11) is 0. The molecule has 0 spiro atoms. The van der Waals surface area contributed by atoms with Gasteiger partial charge < -0.3 is 15.4 Å². The molecule has 2 amide bonds. The smallest absolute Gasteiger partial charge is 0.328 e. The molecule has 6 heteroatoms. The Morgan fingerprint density at radius 1 is 1.00 bits per heavy atom. The van der Waals surface area contributed by atoms with E-state index in [9.17, 15) is 14.4 Å². The first-order valence-corrected chi connectivity index (χ1v) is 7.85. The normalized spacial score (nSPS) is 11.3. The zero-order chi connectivity index (χ0) is 18.2. The lowest BCUT2D eigenvalue weighted by Crippen LogP contribution is -2.39. The first-order chi connectivity index (χ1) is 12.0. The molecule has 1 atom stereocenters. The molecule has 0 heterocycles. The van der Waals surface area contributed by atoms with Crippen LogP contribution in [0.2, 0.25) is 0 Å². The monoisotopic (exact) mass is 340 g/mol. The van der Waals surface area contributed by atoms with Crippen LogP contribution in [0.15, 0.2) is 54.6 Å². The summed E-state index contributed by atoms with van der Waals surface area (Å²) >= 11 is 0. The Morgan fingerprint density at radius 3 is 2.24 bits per heavy atom. The number of amides is 2. The zero-order valence-electron chi connectivity index (χ0n) is 14.1. The van der Waals surface area contributed by atoms with Gasteiger partial charge in [0.15, 0.2) is 0 Å². The predicted octanol–water partition coefficient (Wildman–Crippen LogP) is 2.51. The minimum atomic E-state index is -0.772. The third kappa shape index (κ3) is 5.76. The predicted molar refractivity (Wildman–Crippen MR) is 93.9 cm³/mol. The van der Waals surface area contributed by atoms with Gasteiger partial charge in [-0.05, 0) is 36.8 Å². The molecule has 2 rings (SSSR count). The van der Waals surface area contributed by atoms with Crippen LogP contribution in [-0.4, -0.2) is 23.8 Å². The lowest BCUT2D eigenvalue weighted by atomic mass is 10.2. The molecule has 0 aliphatic heterocycles. The van der Waals surface area contributed by atoms with E-state index in [0.717, 1.165) is 5.56 Å². The van der Waals surface area contributed by atoms with Crippen LogP contribution in [0.25, 0.3) is 0 Å². The van der Waals surface area contributed by atoms with E-state index in [2.05, 4.69) is 10.6 Å². The fourth-order valence-corrected chi connectivity index (χ4v) is 2.10. The number of esters is 1. The van der Waals surface area contributed by atoms with Crippen LogP contribution in [0.3, 0.4) is 0 Å². The summed E-state index contributed by atoms with van der Waals surface area (Å²) in [5, 5.41) is 5.21. The van der Waals surface area contributed by atoms with Gasteiger partial charge in [-0.3, -0.25) is 9.59 Å². The minimum Gasteiger partial charge on any atom is -0.459 e. The van der Waals surface area contributed by atoms with E-state index in [1.165, 1.54) is 6.92 Å². The molecule has 1 unspecified atom stereocenters. The number of benzene rings is 2. The number of hydrogen-bond acceptors (Lipinski definition) is 4. The van der Waals surface area contributed by atoms with Crippen molar-refractivity contribution in [3.05, 3.63) is 65.7 Å². The Hall–Kier alpha value is -3.15. The van der Waals surface area contributed by atoms with E-state index in [1.54, 1.807) is 31.2 Å². The van der Waals surface area contributed by atoms with Gasteiger partial charge in [-0.15, -0.1) is 0 Å². The molecule has 0 aromatic heterocycles. The number of carbonyl (C=O) groups is 3. The standard InChI is InChI=1S/C19H20N2O4/c1-13(19(24)25-12-15-6-4-3-5-7-15)20-18(23)16-8-10-17(11-9-16)21-14(2)22/h3-11,13H,12H2,1-2H3,(H,20,23)(H,21,22). The molecule has 2 aromatic rings. The third-order valence-corrected chi connectivity index (χ3v) is 3.39. The van der Waals surface area contributed by atoms with Gasteiger partial charge in [0.25, 0.3) is 5.91 Å². The van der Waals surface area contributed by atoms with Gasteiger partial charge >= 0.3 is 5.97 Å². The summed E-state index contributed by atoms with van der Waals surface area (Å²) in [6, 6.07) is 14.9. The summed E-state index contributed by atoms with van der Waals surface area (Å²) in [4.78, 5) is 35.1. The SMILES string of the molecule is CC(=O)Nc1ccc(C(=O)NC(C)C(=O)OCc2ccccc2)cc1. The second kappa shape index (κ2) is 8.63. The topological polar surface area (TPSA) is 84.5 Å². The Morgan fingerprint density at radius 2 is 1.64 bits per heavy atom. The van der Waals surface area contributed by atoms with Gasteiger partial charge in [0.05, 0.1) is 0 Å². The van der Waals surface area contributed by atoms with Crippen LogP contribution >= 0.6 is 0 Å². The van der Waals surface area contributed by atoms with E-state index in [0.29, 0.717) is 11.3 Å². The fraction of sp³-hybridized carbons (Fsp3) is 0.211. The molecule has 25 heavy (non-hydrogen) atoms. The molecule has 0 radical (unpaired) electrons. The largest absolute Gasteiger partial charge is 0.459 e. The van der Waals surface area contributed by atoms with Crippen molar-refractivity contribution >= 4 is 23.5 Å². The summed E-state index contributed by atoms with van der Waals surface area (Å²) < 4.78 is 5.19. The van der Waals surface area contributed by atoms with Crippen molar-refractivity contribution < 1.29 is 19.1 Å². The molecule has 2 aromatic carbocycles. The molecule has 2 N–H and O–H groups in total. The van der Waals surface area contributed by atoms with Gasteiger partial charge in [0.2, 0.25) is 5.91 Å². The van der Waals surface area contributed by atoms with Gasteiger partial charge in [-0.25, -0.2) is 4.79 Å². The Balaban J connectivity index is 1.86. The van der Waals surface area contributed by atoms with Crippen LogP contribution in [0.1, 0.15) is 29.8 Å². The zero-order valence-corrected chi connectivity index (χ0v) is 14.1. The highest BCUT2D eigenvalue weighted by atomic mass is 16.5. The van der Waals surface area contributed by atoms with Crippen LogP contribution in [0.4, 0.5) is 5.69 Å². The quantitative estimate of drug-likeness (QED) is 0.791. The molecule has 0 fully saturated rings. The van der Waals surface area contributed by atoms with Gasteiger partial charge in [-0.2, -0.15) is 0 Å². The average Bonchev–Trinajstić information content (AvgIpc) is 2.60. The highest BCUT2D eigenvalue weighted by molar-refractivity contribution is 5.97. The highest BCUT2D eigenvalue weighted by Crippen LogP contribution is 2.10. The molecule has 0 aliphatic carbocycles. The third-order valence-electron chi connectivity index (χ3n) is 3.39. The molecule has 6 nitrogen and oxygen atoms in total. The van der Waals surface area contributed by atoms with Crippen molar-refractivity contribution in [2.75, 3.05) is 5.32 Å². The van der Waals surface area contributed by atoms with E-state index < -0.39 is 17.9 Å². The van der Waals surface area contributed by atoms with Crippen LogP contribution in [0, 0.1) is 0 Å². The first kappa shape index (κ1) is 18.2. The van der Waals surface area contributed by atoms with Gasteiger partial charge in [0.1, 0.15) is 12.6 Å². The minimum absolute atomic E-state index is 0.158. The second-order valence-electron chi connectivity index (χ2n) is 5.55. The van der Waals surface area contributed by atoms with E-state index in [-0.39, 0.29) is 12.5 Å². The lowest BCUT2D eigenvalue weighted by Gasteiger charge is -2.13. The molecule has 0 saturated carbocycles. The van der Waals surface area contributed by atoms with Crippen LogP contribution < -0.4 is 10.6 Å². The molecule has 0 saturated heterocycles. The highest BCUT2D eigenvalue weighted by Gasteiger charge is 2.18. The summed E-state index contributed by atoms with van der Waals surface area (Å²) in [5.74, 6) is -1.09. The Bertz CT molecular complexity index is 742. The van der Waals surface area contributed by atoms with E-state index >= 15 is 0 Å². The average molecular weight is 340 g/mol. The summed E-state index contributed by atoms with van der Waals surface area (Å²) in [6.45, 7) is 3.13. The maximum absolute atomic E-state index is 12.2. The van der Waals surface area contributed by atoms with Crippen molar-refractivity contribution in [3.63, 3.8) is 0 Å². The number of hydrogen-bond donors (Lipinski definition) is 2. The van der Waals surface area contributed by atoms with Gasteiger partial charge in [0, 0.05) is 18.2 Å². The number of ether oxygens (including phenoxy) is 1. The van der Waals surface area contributed by atoms with Crippen molar-refractivity contribution in [3.8, 4) is 0 Å². The van der Waals surface area contributed by atoms with Crippen molar-refractivity contribution in [1.82, 2.24) is 5.32 Å². The maximum atomic E-state index is 12.2. The van der Waals surface area contributed by atoms with E-state index in [1.807, 2.05) is 30.3 Å². The molecule has 0 aliphatic rings. The van der Waals surface area contributed by atoms with Crippen molar-refractivity contribution in [2.45, 2.75) is 26.5 Å². The second-order valence-corrected chi connectivity index (χ2v) is 5.55. The lowest BCUT2D eigenvalue weighted by molar-refractivity contribution is -0.146. The Kier molecular flexibility index (Phi) is 6.28. The fourth-order valence-electron chi connectivity index (χ4n) is 2.10. The van der Waals surface area contributed by atoms with Crippen LogP contribution in [-0.2, 0) is 20.9 Å². The van der Waals surface area contributed by atoms with Crippen molar-refractivity contribution in [2.24, 2.45) is 0 Å². The molecule has 0 bridgehead atoms. The number of carbonyl (C=O) groups excluding carboxylic acids is 3. The Labute approximate surface area is 146 Å². The number of rotatable bonds is 6. The molecular weight excluding hydrogens is 320 g/mol. The summed E-state index contributed by atoms with van der Waals surface area (Å²) in [6.07, 6.45) is 0. The number of nitrogens with one attached hydrogen (secondary N) is 2. The molecular formula is C19H20N2O4. The molecule has 130 valence electrons.